The molecule has 1 aliphatic carbocycles. The van der Waals surface area contributed by atoms with Gasteiger partial charge in [0.15, 0.2) is 12.1 Å². The Hall–Kier alpha value is -3.15. The molecule has 0 atom stereocenters. The number of carbonyl (C=O) groups excluding carboxylic acids is 3. The van der Waals surface area contributed by atoms with Crippen LogP contribution in [0.3, 0.4) is 0 Å². The van der Waals surface area contributed by atoms with Gasteiger partial charge < -0.3 is 14.2 Å². The van der Waals surface area contributed by atoms with E-state index in [4.69, 9.17) is 14.2 Å². The van der Waals surface area contributed by atoms with Gasteiger partial charge in [-0.05, 0) is 24.6 Å². The van der Waals surface area contributed by atoms with Crippen molar-refractivity contribution in [1.29, 1.82) is 0 Å². The Kier molecular flexibility index (Phi) is 4.04. The summed E-state index contributed by atoms with van der Waals surface area (Å²) in [6.07, 6.45) is 0.618. The molecule has 0 N–H and O–H groups in total. The van der Waals surface area contributed by atoms with Crippen molar-refractivity contribution in [3.8, 4) is 17.2 Å². The lowest BCUT2D eigenvalue weighted by Crippen LogP contribution is -2.23. The van der Waals surface area contributed by atoms with Crippen LogP contribution < -0.4 is 14.2 Å². The second-order valence-corrected chi connectivity index (χ2v) is 5.59. The van der Waals surface area contributed by atoms with E-state index in [0.717, 1.165) is 0 Å². The summed E-state index contributed by atoms with van der Waals surface area (Å²) in [4.78, 5) is 37.5. The monoisotopic (exact) mass is 340 g/mol. The van der Waals surface area contributed by atoms with E-state index in [0.29, 0.717) is 17.6 Å². The van der Waals surface area contributed by atoms with E-state index in [1.54, 1.807) is 6.92 Å². The van der Waals surface area contributed by atoms with E-state index in [1.807, 2.05) is 0 Å². The van der Waals surface area contributed by atoms with Gasteiger partial charge in [0, 0.05) is 17.2 Å². The highest BCUT2D eigenvalue weighted by molar-refractivity contribution is 6.31. The number of methoxy groups -OCH3 is 3. The summed E-state index contributed by atoms with van der Waals surface area (Å²) >= 11 is 0. The fraction of sp³-hybridized carbons (Fsp3) is 0.211. The number of benzene rings is 2. The molecule has 6 heteroatoms. The summed E-state index contributed by atoms with van der Waals surface area (Å²) in [6.45, 7) is 1.69. The molecule has 0 unspecified atom stereocenters. The number of fused-ring (bicyclic) bond motifs is 2. The molecule has 0 saturated heterocycles. The zero-order valence-corrected chi connectivity index (χ0v) is 14.3. The van der Waals surface area contributed by atoms with Crippen molar-refractivity contribution in [1.82, 2.24) is 0 Å². The molecule has 1 aliphatic rings. The molecule has 0 radical (unpaired) electrons. The second-order valence-electron chi connectivity index (χ2n) is 5.59. The Labute approximate surface area is 144 Å². The molecule has 0 spiro atoms. The smallest absolute Gasteiger partial charge is 0.202 e. The third-order valence-corrected chi connectivity index (χ3v) is 4.32. The quantitative estimate of drug-likeness (QED) is 0.679. The van der Waals surface area contributed by atoms with Crippen LogP contribution in [-0.2, 0) is 0 Å². The summed E-state index contributed by atoms with van der Waals surface area (Å²) in [5.41, 5.74) is 1.43. The fourth-order valence-corrected chi connectivity index (χ4v) is 3.12. The van der Waals surface area contributed by atoms with Gasteiger partial charge in [-0.1, -0.05) is 0 Å². The molecule has 0 aromatic heterocycles. The molecule has 2 aromatic carbocycles. The normalized spacial score (nSPS) is 12.3. The number of hydrogen-bond donors (Lipinski definition) is 0. The maximum absolute atomic E-state index is 13.1. The summed E-state index contributed by atoms with van der Waals surface area (Å²) in [7, 11) is 4.24. The van der Waals surface area contributed by atoms with Crippen LogP contribution in [0.5, 0.6) is 17.2 Å². The van der Waals surface area contributed by atoms with Crippen LogP contribution >= 0.6 is 0 Å². The van der Waals surface area contributed by atoms with Gasteiger partial charge in [-0.15, -0.1) is 0 Å². The lowest BCUT2D eigenvalue weighted by molar-refractivity contribution is 0.0973. The van der Waals surface area contributed by atoms with Crippen molar-refractivity contribution in [2.24, 2.45) is 0 Å². The number of hydrogen-bond acceptors (Lipinski definition) is 6. The molecule has 3 rings (SSSR count). The molecule has 6 nitrogen and oxygen atoms in total. The van der Waals surface area contributed by atoms with Crippen molar-refractivity contribution in [2.75, 3.05) is 21.3 Å². The van der Waals surface area contributed by atoms with Gasteiger partial charge in [0.25, 0.3) is 0 Å². The standard InChI is InChI=1S/C19H16O6/c1-9-5-11-16(19(25-4)13(9)8-20)18(22)15-12(17(11)21)6-10(23-2)7-14(15)24-3/h5-8H,1-4H3. The topological polar surface area (TPSA) is 78.9 Å². The van der Waals surface area contributed by atoms with Gasteiger partial charge >= 0.3 is 0 Å². The fourth-order valence-electron chi connectivity index (χ4n) is 3.12. The number of aldehydes is 1. The van der Waals surface area contributed by atoms with E-state index in [1.165, 1.54) is 39.5 Å². The Bertz CT molecular complexity index is 926. The molecule has 25 heavy (non-hydrogen) atoms. The van der Waals surface area contributed by atoms with E-state index in [-0.39, 0.29) is 45.1 Å². The molecule has 0 amide bonds. The predicted octanol–water partition coefficient (Wildman–Crippen LogP) is 2.61. The van der Waals surface area contributed by atoms with E-state index < -0.39 is 5.78 Å². The van der Waals surface area contributed by atoms with Gasteiger partial charge in [-0.25, -0.2) is 0 Å². The third-order valence-electron chi connectivity index (χ3n) is 4.32. The summed E-state index contributed by atoms with van der Waals surface area (Å²) < 4.78 is 15.8. The highest BCUT2D eigenvalue weighted by Crippen LogP contribution is 2.41. The first-order chi connectivity index (χ1) is 12.0. The lowest BCUT2D eigenvalue weighted by Gasteiger charge is -2.23. The molecular formula is C19H16O6. The Morgan fingerprint density at radius 1 is 0.840 bits per heavy atom. The predicted molar refractivity (Wildman–Crippen MR) is 89.5 cm³/mol. The van der Waals surface area contributed by atoms with E-state index in [9.17, 15) is 14.4 Å². The highest BCUT2D eigenvalue weighted by Gasteiger charge is 2.37. The van der Waals surface area contributed by atoms with Crippen LogP contribution in [0.15, 0.2) is 18.2 Å². The average Bonchev–Trinajstić information content (AvgIpc) is 2.63. The molecule has 0 heterocycles. The Morgan fingerprint density at radius 3 is 2.08 bits per heavy atom. The van der Waals surface area contributed by atoms with Gasteiger partial charge in [-0.2, -0.15) is 0 Å². The summed E-state index contributed by atoms with van der Waals surface area (Å²) in [5.74, 6) is -0.0291. The Morgan fingerprint density at radius 2 is 1.52 bits per heavy atom. The number of aryl methyl sites for hydroxylation is 1. The van der Waals surface area contributed by atoms with E-state index >= 15 is 0 Å². The third kappa shape index (κ3) is 2.29. The molecule has 2 aromatic rings. The van der Waals surface area contributed by atoms with Crippen molar-refractivity contribution in [3.63, 3.8) is 0 Å². The lowest BCUT2D eigenvalue weighted by atomic mass is 9.81. The minimum Gasteiger partial charge on any atom is -0.497 e. The van der Waals surface area contributed by atoms with Gasteiger partial charge in [0.2, 0.25) is 5.78 Å². The first-order valence-electron chi connectivity index (χ1n) is 7.50. The van der Waals surface area contributed by atoms with Crippen LogP contribution in [0.1, 0.15) is 47.8 Å². The molecule has 0 saturated carbocycles. The minimum absolute atomic E-state index is 0.0798. The van der Waals surface area contributed by atoms with Crippen molar-refractivity contribution >= 4 is 17.9 Å². The Balaban J connectivity index is 2.40. The molecular weight excluding hydrogens is 324 g/mol. The maximum Gasteiger partial charge on any atom is 0.202 e. The molecule has 0 aliphatic heterocycles. The molecule has 0 bridgehead atoms. The highest BCUT2D eigenvalue weighted by atomic mass is 16.5. The van der Waals surface area contributed by atoms with E-state index in [2.05, 4.69) is 0 Å². The van der Waals surface area contributed by atoms with Gasteiger partial charge in [0.05, 0.1) is 38.0 Å². The van der Waals surface area contributed by atoms with Crippen LogP contribution in [-0.4, -0.2) is 39.2 Å². The largest absolute Gasteiger partial charge is 0.497 e. The number of ether oxygens (including phenoxy) is 3. The van der Waals surface area contributed by atoms with Crippen molar-refractivity contribution in [3.05, 3.63) is 51.6 Å². The average molecular weight is 340 g/mol. The van der Waals surface area contributed by atoms with Crippen LogP contribution in [0, 0.1) is 6.92 Å². The second kappa shape index (κ2) is 6.05. The zero-order valence-electron chi connectivity index (χ0n) is 14.3. The van der Waals surface area contributed by atoms with Gasteiger partial charge in [-0.3, -0.25) is 14.4 Å². The minimum atomic E-state index is -0.427. The number of rotatable bonds is 4. The summed E-state index contributed by atoms with van der Waals surface area (Å²) in [5, 5.41) is 0. The number of carbonyl (C=O) groups is 3. The SMILES string of the molecule is COc1cc(OC)c2c(c1)C(=O)c1cc(C)c(C=O)c(OC)c1C2=O. The first-order valence-corrected chi connectivity index (χ1v) is 7.50. The first kappa shape index (κ1) is 16.7. The zero-order chi connectivity index (χ0) is 18.3. The van der Waals surface area contributed by atoms with Crippen molar-refractivity contribution < 1.29 is 28.6 Å². The number of ketones is 2. The van der Waals surface area contributed by atoms with Crippen molar-refractivity contribution in [2.45, 2.75) is 6.92 Å². The summed E-state index contributed by atoms with van der Waals surface area (Å²) in [6, 6.07) is 4.59. The molecule has 0 fully saturated rings. The van der Waals surface area contributed by atoms with Gasteiger partial charge in [0.1, 0.15) is 17.2 Å². The van der Waals surface area contributed by atoms with Crippen LogP contribution in [0.4, 0.5) is 0 Å². The van der Waals surface area contributed by atoms with Crippen LogP contribution in [0.25, 0.3) is 0 Å². The maximum atomic E-state index is 13.1. The van der Waals surface area contributed by atoms with Crippen LogP contribution in [0.2, 0.25) is 0 Å². The molecule has 128 valence electrons.